The number of nitrogens with zero attached hydrogens (tertiary/aromatic N) is 6. The summed E-state index contributed by atoms with van der Waals surface area (Å²) in [6.07, 6.45) is 4.00. The summed E-state index contributed by atoms with van der Waals surface area (Å²) < 4.78 is 17.2. The van der Waals surface area contributed by atoms with E-state index in [1.54, 1.807) is 13.1 Å². The molecule has 36 heavy (non-hydrogen) atoms. The monoisotopic (exact) mass is 499 g/mol. The fourth-order valence-electron chi connectivity index (χ4n) is 6.13. The van der Waals surface area contributed by atoms with Gasteiger partial charge in [-0.3, -0.25) is 14.4 Å². The molecule has 3 amide bonds. The second kappa shape index (κ2) is 9.68. The fourth-order valence-corrected chi connectivity index (χ4v) is 6.13. The Balaban J connectivity index is 1.24. The number of amides is 3. The van der Waals surface area contributed by atoms with Crippen LogP contribution in [0.2, 0.25) is 0 Å². The van der Waals surface area contributed by atoms with Crippen molar-refractivity contribution in [2.75, 3.05) is 69.2 Å². The molecular formula is C25H34FN7O3. The number of benzene rings is 1. The van der Waals surface area contributed by atoms with Gasteiger partial charge >= 0.3 is 6.03 Å². The number of carbonyl (C=O) groups is 3. The molecule has 10 nitrogen and oxygen atoms in total. The van der Waals surface area contributed by atoms with Crippen LogP contribution in [0.1, 0.15) is 19.3 Å². The number of aromatic nitrogens is 2. The number of fused-ring (bicyclic) bond motifs is 1. The molecule has 11 heteroatoms. The molecule has 0 unspecified atom stereocenters. The van der Waals surface area contributed by atoms with Crippen LogP contribution in [0.5, 0.6) is 0 Å². The summed E-state index contributed by atoms with van der Waals surface area (Å²) in [4.78, 5) is 42.0. The first-order valence-corrected chi connectivity index (χ1v) is 12.6. The molecule has 3 fully saturated rings. The molecule has 5 rings (SSSR count). The smallest absolute Gasteiger partial charge is 0.322 e. The lowest BCUT2D eigenvalue weighted by molar-refractivity contribution is -0.119. The van der Waals surface area contributed by atoms with Crippen molar-refractivity contribution in [1.82, 2.24) is 24.9 Å². The van der Waals surface area contributed by atoms with Gasteiger partial charge < -0.3 is 24.8 Å². The Kier molecular flexibility index (Phi) is 6.59. The van der Waals surface area contributed by atoms with E-state index >= 15 is 4.39 Å². The van der Waals surface area contributed by atoms with Crippen LogP contribution in [0.15, 0.2) is 12.1 Å². The third-order valence-corrected chi connectivity index (χ3v) is 7.92. The number of carbonyl (C=O) groups excluding carboxylic acids is 3. The van der Waals surface area contributed by atoms with E-state index < -0.39 is 6.03 Å². The molecule has 1 aromatic heterocycles. The predicted octanol–water partition coefficient (Wildman–Crippen LogP) is 1.44. The Bertz CT molecular complexity index is 1150. The zero-order valence-electron chi connectivity index (χ0n) is 21.0. The number of hydrogen-bond donors (Lipinski definition) is 1. The maximum absolute atomic E-state index is 15.7. The zero-order chi connectivity index (χ0) is 25.4. The highest BCUT2D eigenvalue weighted by Crippen LogP contribution is 2.44. The third kappa shape index (κ3) is 4.29. The third-order valence-electron chi connectivity index (χ3n) is 7.92. The molecule has 0 saturated carbocycles. The summed E-state index contributed by atoms with van der Waals surface area (Å²) in [6.45, 7) is 6.68. The van der Waals surface area contributed by atoms with E-state index in [4.69, 9.17) is 0 Å². The van der Waals surface area contributed by atoms with Crippen LogP contribution in [-0.2, 0) is 16.6 Å². The molecule has 1 aromatic carbocycles. The Morgan fingerprint density at radius 1 is 1.22 bits per heavy atom. The Hall–Kier alpha value is -3.21. The Morgan fingerprint density at radius 3 is 2.58 bits per heavy atom. The topological polar surface area (TPSA) is 94.0 Å². The number of rotatable bonds is 8. The van der Waals surface area contributed by atoms with Gasteiger partial charge in [0.05, 0.1) is 5.69 Å². The molecule has 3 aliphatic heterocycles. The number of urea groups is 1. The number of anilines is 2. The van der Waals surface area contributed by atoms with E-state index in [-0.39, 0.29) is 24.2 Å². The van der Waals surface area contributed by atoms with E-state index in [9.17, 15) is 14.4 Å². The minimum Gasteiger partial charge on any atom is -0.368 e. The van der Waals surface area contributed by atoms with E-state index in [1.165, 1.54) is 16.6 Å². The van der Waals surface area contributed by atoms with Gasteiger partial charge in [-0.1, -0.05) is 0 Å². The van der Waals surface area contributed by atoms with Gasteiger partial charge in [-0.05, 0) is 30.9 Å². The highest BCUT2D eigenvalue weighted by Gasteiger charge is 2.52. The molecule has 3 saturated heterocycles. The summed E-state index contributed by atoms with van der Waals surface area (Å²) in [5.41, 5.74) is 1.13. The van der Waals surface area contributed by atoms with Gasteiger partial charge in [0.15, 0.2) is 11.6 Å². The molecule has 194 valence electrons. The highest BCUT2D eigenvalue weighted by molar-refractivity contribution is 6.02. The van der Waals surface area contributed by atoms with E-state index in [0.29, 0.717) is 28.3 Å². The predicted molar refractivity (Wildman–Crippen MR) is 135 cm³/mol. The van der Waals surface area contributed by atoms with E-state index in [1.807, 2.05) is 11.0 Å². The Labute approximate surface area is 210 Å². The van der Waals surface area contributed by atoms with Gasteiger partial charge in [-0.25, -0.2) is 9.18 Å². The first kappa shape index (κ1) is 24.5. The number of aldehydes is 1. The van der Waals surface area contributed by atoms with Crippen molar-refractivity contribution in [3.63, 3.8) is 0 Å². The lowest BCUT2D eigenvalue weighted by atomic mass is 9.72. The molecular weight excluding hydrogens is 465 g/mol. The maximum Gasteiger partial charge on any atom is 0.322 e. The second-order valence-electron chi connectivity index (χ2n) is 10.5. The van der Waals surface area contributed by atoms with Crippen molar-refractivity contribution in [3.8, 4) is 0 Å². The summed E-state index contributed by atoms with van der Waals surface area (Å²) >= 11 is 0. The average molecular weight is 500 g/mol. The number of nitrogens with one attached hydrogen (secondary N) is 1. The largest absolute Gasteiger partial charge is 0.368 e. The van der Waals surface area contributed by atoms with Crippen LogP contribution in [0.25, 0.3) is 10.9 Å². The lowest BCUT2D eigenvalue weighted by Crippen LogP contribution is -2.72. The zero-order valence-corrected chi connectivity index (χ0v) is 21.0. The minimum absolute atomic E-state index is 0.164. The SMILES string of the molecule is CNC(=O)N(CCC=O)c1nn(C)c2c(F)c(N3CC4(CN(CC5CCN(C=O)CC5)C4)C3)ccc12. The van der Waals surface area contributed by atoms with Crippen LogP contribution in [0.4, 0.5) is 20.7 Å². The molecule has 2 aromatic rings. The van der Waals surface area contributed by atoms with Crippen molar-refractivity contribution in [2.45, 2.75) is 19.3 Å². The minimum atomic E-state index is -0.394. The molecule has 0 radical (unpaired) electrons. The summed E-state index contributed by atoms with van der Waals surface area (Å²) in [7, 11) is 3.18. The number of likely N-dealkylation sites (tertiary alicyclic amines) is 2. The standard InChI is InChI=1S/C25H34FN7O3/c1-27-24(36)33(8-3-11-34)23-19-4-5-20(21(26)22(19)29(2)28-23)32-15-25(16-32)13-31(14-25)12-18-6-9-30(17-35)10-7-18/h4-5,11,17-18H,3,6-10,12-16H2,1-2H3,(H,27,36). The molecule has 3 aliphatic rings. The number of aryl methyl sites for hydroxylation is 1. The fraction of sp³-hybridized carbons (Fsp3) is 0.600. The maximum atomic E-state index is 15.7. The van der Waals surface area contributed by atoms with Crippen LogP contribution in [-0.4, -0.2) is 97.7 Å². The van der Waals surface area contributed by atoms with Gasteiger partial charge in [-0.2, -0.15) is 5.10 Å². The van der Waals surface area contributed by atoms with Crippen LogP contribution >= 0.6 is 0 Å². The number of hydrogen-bond acceptors (Lipinski definition) is 6. The summed E-state index contributed by atoms with van der Waals surface area (Å²) in [5, 5.41) is 7.53. The van der Waals surface area contributed by atoms with Crippen LogP contribution < -0.4 is 15.1 Å². The van der Waals surface area contributed by atoms with Crippen LogP contribution in [0, 0.1) is 17.2 Å². The molecule has 0 atom stereocenters. The van der Waals surface area contributed by atoms with Gasteiger partial charge in [-0.15, -0.1) is 0 Å². The van der Waals surface area contributed by atoms with E-state index in [2.05, 4.69) is 20.2 Å². The van der Waals surface area contributed by atoms with Crippen molar-refractivity contribution < 1.29 is 18.8 Å². The van der Waals surface area contributed by atoms with Gasteiger partial charge in [0.1, 0.15) is 11.8 Å². The van der Waals surface area contributed by atoms with E-state index in [0.717, 1.165) is 71.4 Å². The number of piperidine rings is 1. The van der Waals surface area contributed by atoms with Crippen molar-refractivity contribution in [2.24, 2.45) is 18.4 Å². The summed E-state index contributed by atoms with van der Waals surface area (Å²) in [5.74, 6) is 0.649. The normalized spacial score (nSPS) is 19.8. The highest BCUT2D eigenvalue weighted by atomic mass is 19.1. The summed E-state index contributed by atoms with van der Waals surface area (Å²) in [6, 6.07) is 3.20. The van der Waals surface area contributed by atoms with Crippen molar-refractivity contribution in [3.05, 3.63) is 17.9 Å². The molecule has 0 bridgehead atoms. The van der Waals surface area contributed by atoms with Crippen molar-refractivity contribution in [1.29, 1.82) is 0 Å². The lowest BCUT2D eigenvalue weighted by Gasteiger charge is -2.61. The molecule has 4 heterocycles. The van der Waals surface area contributed by atoms with Crippen molar-refractivity contribution >= 4 is 41.1 Å². The van der Waals surface area contributed by atoms with Crippen LogP contribution in [0.3, 0.4) is 0 Å². The van der Waals surface area contributed by atoms with Gasteiger partial charge in [0, 0.05) is 83.7 Å². The van der Waals surface area contributed by atoms with Gasteiger partial charge in [0.25, 0.3) is 0 Å². The molecule has 1 N–H and O–H groups in total. The first-order chi connectivity index (χ1) is 17.4. The quantitative estimate of drug-likeness (QED) is 0.553. The molecule has 0 aliphatic carbocycles. The Morgan fingerprint density at radius 2 is 1.94 bits per heavy atom. The average Bonchev–Trinajstić information content (AvgIpc) is 3.17. The molecule has 1 spiro atoms. The number of halogens is 1. The first-order valence-electron chi connectivity index (χ1n) is 12.6. The van der Waals surface area contributed by atoms with Gasteiger partial charge in [0.2, 0.25) is 6.41 Å². The second-order valence-corrected chi connectivity index (χ2v) is 10.5.